The summed E-state index contributed by atoms with van der Waals surface area (Å²) in [6.45, 7) is 0. The van der Waals surface area contributed by atoms with Gasteiger partial charge >= 0.3 is 0 Å². The first-order valence-electron chi connectivity index (χ1n) is 4.33. The average molecular weight is 226 g/mol. The first kappa shape index (κ1) is 5.48. The van der Waals surface area contributed by atoms with Crippen molar-refractivity contribution in [3.63, 3.8) is 0 Å². The van der Waals surface area contributed by atoms with Crippen LogP contribution < -0.4 is 0 Å². The van der Waals surface area contributed by atoms with Gasteiger partial charge in [0.15, 0.2) is 5.82 Å². The van der Waals surface area contributed by atoms with Crippen LogP contribution in [-0.4, -0.2) is 15.0 Å². The molecule has 0 aromatic carbocycles. The molecule has 1 N–H and O–H groups in total. The summed E-state index contributed by atoms with van der Waals surface area (Å²) in [6, 6.07) is 5.39. The molecule has 0 spiro atoms. The Morgan fingerprint density at radius 2 is 2.42 bits per heavy atom. The maximum Gasteiger partial charge on any atom is 0.156 e. The molecule has 0 unspecified atom stereocenters. The molecular weight excluding hydrogens is 218 g/mol. The molecule has 2 aromatic heterocycles. The topological polar surface area (TPSA) is 41.6 Å². The van der Waals surface area contributed by atoms with Crippen molar-refractivity contribution in [2.45, 2.75) is 0 Å². The first-order valence-corrected chi connectivity index (χ1v) is 4.12. The van der Waals surface area contributed by atoms with Crippen molar-refractivity contribution >= 4 is 15.9 Å². The quantitative estimate of drug-likeness (QED) is 0.757. The third-order valence-electron chi connectivity index (χ3n) is 1.36. The molecule has 60 valence electrons. The molecule has 12 heavy (non-hydrogen) atoms. The van der Waals surface area contributed by atoms with E-state index in [4.69, 9.17) is 2.74 Å². The Bertz CT molecular complexity index is 450. The Morgan fingerprint density at radius 3 is 3.08 bits per heavy atom. The maximum absolute atomic E-state index is 7.30. The molecule has 0 saturated heterocycles. The van der Waals surface area contributed by atoms with Gasteiger partial charge in [0.2, 0.25) is 0 Å². The lowest BCUT2D eigenvalue weighted by molar-refractivity contribution is 1.20. The number of H-pyrrole nitrogens is 1. The van der Waals surface area contributed by atoms with E-state index >= 15 is 0 Å². The van der Waals surface area contributed by atoms with E-state index in [1.807, 2.05) is 6.07 Å². The van der Waals surface area contributed by atoms with Crippen LogP contribution in [0.4, 0.5) is 0 Å². The first-order chi connectivity index (χ1) is 6.66. The summed E-state index contributed by atoms with van der Waals surface area (Å²) < 4.78 is 15.3. The van der Waals surface area contributed by atoms with Gasteiger partial charge in [0, 0.05) is 12.3 Å². The van der Waals surface area contributed by atoms with Crippen molar-refractivity contribution in [3.8, 4) is 11.5 Å². The predicted molar refractivity (Wildman–Crippen MR) is 49.5 cm³/mol. The summed E-state index contributed by atoms with van der Waals surface area (Å²) >= 11 is 3.24. The zero-order valence-electron chi connectivity index (χ0n) is 8.00. The van der Waals surface area contributed by atoms with E-state index in [9.17, 15) is 0 Å². The number of aromatic amines is 1. The number of nitrogens with one attached hydrogen (secondary N) is 1. The molecule has 3 nitrogen and oxygen atoms in total. The van der Waals surface area contributed by atoms with Gasteiger partial charge in [-0.25, -0.2) is 9.97 Å². The minimum Gasteiger partial charge on any atom is -0.343 e. The van der Waals surface area contributed by atoms with E-state index in [1.165, 1.54) is 0 Å². The molecular formula is C8H6BrN3. The molecule has 0 aliphatic rings. The average Bonchev–Trinajstić information content (AvgIpc) is 2.47. The van der Waals surface area contributed by atoms with Crippen LogP contribution >= 0.6 is 15.9 Å². The molecule has 4 heteroatoms. The van der Waals surface area contributed by atoms with Crippen LogP contribution in [-0.2, 0) is 0 Å². The Kier molecular flexibility index (Phi) is 1.40. The smallest absolute Gasteiger partial charge is 0.156 e. The fourth-order valence-corrected chi connectivity index (χ4v) is 1.20. The van der Waals surface area contributed by atoms with Crippen LogP contribution in [0.15, 0.2) is 35.1 Å². The number of aromatic nitrogens is 3. The summed E-state index contributed by atoms with van der Waals surface area (Å²) in [7, 11) is 0. The lowest BCUT2D eigenvalue weighted by Gasteiger charge is -1.94. The monoisotopic (exact) mass is 225 g/mol. The highest BCUT2D eigenvalue weighted by atomic mass is 79.9. The largest absolute Gasteiger partial charge is 0.343 e. The van der Waals surface area contributed by atoms with E-state index in [0.29, 0.717) is 16.1 Å². The highest BCUT2D eigenvalue weighted by Crippen LogP contribution is 2.14. The van der Waals surface area contributed by atoms with Crippen LogP contribution in [0.1, 0.15) is 2.74 Å². The van der Waals surface area contributed by atoms with Gasteiger partial charge in [-0.2, -0.15) is 0 Å². The molecule has 2 heterocycles. The van der Waals surface area contributed by atoms with Crippen molar-refractivity contribution in [1.82, 2.24) is 15.0 Å². The van der Waals surface area contributed by atoms with Gasteiger partial charge in [0.1, 0.15) is 10.3 Å². The minimum absolute atomic E-state index is 0.00164. The molecule has 0 bridgehead atoms. The van der Waals surface area contributed by atoms with Crippen molar-refractivity contribution in [1.29, 1.82) is 0 Å². The summed E-state index contributed by atoms with van der Waals surface area (Å²) in [5.41, 5.74) is 0.617. The number of halogens is 1. The zero-order chi connectivity index (χ0) is 10.1. The molecule has 0 atom stereocenters. The van der Waals surface area contributed by atoms with Gasteiger partial charge in [0.25, 0.3) is 0 Å². The zero-order valence-corrected chi connectivity index (χ0v) is 7.59. The summed E-state index contributed by atoms with van der Waals surface area (Å²) in [5, 5.41) is 0. The van der Waals surface area contributed by atoms with Crippen molar-refractivity contribution in [2.75, 3.05) is 0 Å². The highest BCUT2D eigenvalue weighted by Gasteiger charge is 1.99. The second kappa shape index (κ2) is 3.06. The number of pyridine rings is 1. The Morgan fingerprint density at radius 1 is 1.50 bits per heavy atom. The standard InChI is InChI=1S/C8H6BrN3/c9-7-3-1-2-6(12-7)8-10-4-5-11-8/h1-5H,(H,10,11)/i4D,5D. The van der Waals surface area contributed by atoms with Gasteiger partial charge in [-0.3, -0.25) is 0 Å². The summed E-state index contributed by atoms with van der Waals surface area (Å²) in [6.07, 6.45) is -0.0662. The number of nitrogens with zero attached hydrogens (tertiary/aromatic N) is 2. The minimum atomic E-state index is -0.0678. The van der Waals surface area contributed by atoms with Gasteiger partial charge in [0.05, 0.1) is 2.74 Å². The van der Waals surface area contributed by atoms with Gasteiger partial charge in [-0.05, 0) is 28.1 Å². The Balaban J connectivity index is 2.49. The van der Waals surface area contributed by atoms with E-state index in [-0.39, 0.29) is 12.3 Å². The van der Waals surface area contributed by atoms with E-state index in [0.717, 1.165) is 0 Å². The maximum atomic E-state index is 7.30. The highest BCUT2D eigenvalue weighted by molar-refractivity contribution is 9.10. The van der Waals surface area contributed by atoms with E-state index in [2.05, 4.69) is 30.9 Å². The lowest BCUT2D eigenvalue weighted by Crippen LogP contribution is -1.84. The van der Waals surface area contributed by atoms with Crippen molar-refractivity contribution < 1.29 is 2.74 Å². The molecule has 0 amide bonds. The van der Waals surface area contributed by atoms with Crippen LogP contribution in [0.25, 0.3) is 11.5 Å². The number of hydrogen-bond donors (Lipinski definition) is 1. The Hall–Kier alpha value is -1.16. The molecule has 0 saturated carbocycles. The summed E-state index contributed by atoms with van der Waals surface area (Å²) in [5.74, 6) is 0.446. The van der Waals surface area contributed by atoms with Gasteiger partial charge in [-0.1, -0.05) is 6.07 Å². The van der Waals surface area contributed by atoms with Gasteiger partial charge < -0.3 is 4.98 Å². The fourth-order valence-electron chi connectivity index (χ4n) is 0.860. The number of rotatable bonds is 1. The van der Waals surface area contributed by atoms with Crippen LogP contribution in [0.2, 0.25) is 0 Å². The van der Waals surface area contributed by atoms with Gasteiger partial charge in [-0.15, -0.1) is 0 Å². The predicted octanol–water partition coefficient (Wildman–Crippen LogP) is 2.23. The number of imidazole rings is 1. The molecule has 0 aliphatic carbocycles. The molecule has 2 aromatic rings. The van der Waals surface area contributed by atoms with E-state index in [1.54, 1.807) is 12.1 Å². The van der Waals surface area contributed by atoms with Crippen molar-refractivity contribution in [2.24, 2.45) is 0 Å². The van der Waals surface area contributed by atoms with Crippen LogP contribution in [0.3, 0.4) is 0 Å². The summed E-state index contributed by atoms with van der Waals surface area (Å²) in [4.78, 5) is 10.7. The third kappa shape index (κ3) is 1.38. The SMILES string of the molecule is [2H]c1nc(-c2cccc(Br)n2)[nH]c1[2H]. The lowest BCUT2D eigenvalue weighted by atomic mass is 10.3. The third-order valence-corrected chi connectivity index (χ3v) is 1.80. The van der Waals surface area contributed by atoms with Crippen LogP contribution in [0.5, 0.6) is 0 Å². The van der Waals surface area contributed by atoms with Crippen molar-refractivity contribution in [3.05, 3.63) is 35.1 Å². The van der Waals surface area contributed by atoms with Crippen LogP contribution in [0, 0.1) is 0 Å². The molecule has 0 radical (unpaired) electrons. The molecule has 0 fully saturated rings. The molecule has 0 aliphatic heterocycles. The Labute approximate surface area is 80.8 Å². The molecule has 2 rings (SSSR count). The normalized spacial score (nSPS) is 12.4. The number of hydrogen-bond acceptors (Lipinski definition) is 2. The second-order valence-corrected chi connectivity index (χ2v) is 2.98. The van der Waals surface area contributed by atoms with E-state index < -0.39 is 0 Å². The fraction of sp³-hybridized carbons (Fsp3) is 0. The second-order valence-electron chi connectivity index (χ2n) is 2.17.